The summed E-state index contributed by atoms with van der Waals surface area (Å²) in [6.07, 6.45) is 3.43. The number of aromatic nitrogens is 1. The summed E-state index contributed by atoms with van der Waals surface area (Å²) in [5, 5.41) is 2.86. The highest BCUT2D eigenvalue weighted by Gasteiger charge is 2.25. The summed E-state index contributed by atoms with van der Waals surface area (Å²) in [4.78, 5) is 30.2. The molecule has 0 fully saturated rings. The van der Waals surface area contributed by atoms with Crippen LogP contribution >= 0.6 is 0 Å². The lowest BCUT2D eigenvalue weighted by atomic mass is 9.97. The minimum atomic E-state index is -0.380. The van der Waals surface area contributed by atoms with Gasteiger partial charge in [0.05, 0.1) is 32.0 Å². The van der Waals surface area contributed by atoms with E-state index >= 15 is 0 Å². The molecular weight excluding hydrogens is 322 g/mol. The summed E-state index contributed by atoms with van der Waals surface area (Å²) < 4.78 is 10.0. The Morgan fingerprint density at radius 2 is 2.00 bits per heavy atom. The molecule has 1 aliphatic heterocycles. The van der Waals surface area contributed by atoms with E-state index in [4.69, 9.17) is 9.47 Å². The molecule has 0 spiro atoms. The van der Waals surface area contributed by atoms with E-state index in [1.807, 2.05) is 12.1 Å². The van der Waals surface area contributed by atoms with E-state index < -0.39 is 0 Å². The predicted octanol–water partition coefficient (Wildman–Crippen LogP) is 2.47. The second-order valence-corrected chi connectivity index (χ2v) is 5.62. The molecule has 0 aliphatic carbocycles. The number of para-hydroxylation sites is 2. The fourth-order valence-electron chi connectivity index (χ4n) is 2.91. The fraction of sp³-hybridized carbons (Fsp3) is 0.278. The van der Waals surface area contributed by atoms with Gasteiger partial charge in [0.25, 0.3) is 5.91 Å². The summed E-state index contributed by atoms with van der Waals surface area (Å²) >= 11 is 0. The zero-order valence-corrected chi connectivity index (χ0v) is 14.1. The van der Waals surface area contributed by atoms with Crippen LogP contribution in [0.5, 0.6) is 5.75 Å². The van der Waals surface area contributed by atoms with E-state index in [9.17, 15) is 9.59 Å². The van der Waals surface area contributed by atoms with Gasteiger partial charge in [0.15, 0.2) is 0 Å². The Hall–Kier alpha value is -3.09. The van der Waals surface area contributed by atoms with E-state index in [2.05, 4.69) is 10.3 Å². The first-order valence-corrected chi connectivity index (χ1v) is 7.87. The van der Waals surface area contributed by atoms with Gasteiger partial charge >= 0.3 is 6.09 Å². The van der Waals surface area contributed by atoms with Gasteiger partial charge in [0, 0.05) is 18.9 Å². The first-order chi connectivity index (χ1) is 12.1. The minimum absolute atomic E-state index is 0.250. The highest BCUT2D eigenvalue weighted by molar-refractivity contribution is 6.06. The van der Waals surface area contributed by atoms with E-state index in [0.717, 1.165) is 11.1 Å². The molecule has 0 saturated carbocycles. The SMILES string of the molecule is COC(=O)N1CCc2c(cncc2C(=O)Nc2ccccc2OC)C1. The van der Waals surface area contributed by atoms with E-state index in [0.29, 0.717) is 36.5 Å². The van der Waals surface area contributed by atoms with Gasteiger partial charge in [-0.1, -0.05) is 12.1 Å². The van der Waals surface area contributed by atoms with Crippen molar-refractivity contribution in [3.05, 3.63) is 53.3 Å². The Morgan fingerprint density at radius 1 is 1.20 bits per heavy atom. The van der Waals surface area contributed by atoms with Gasteiger partial charge < -0.3 is 19.7 Å². The summed E-state index contributed by atoms with van der Waals surface area (Å²) in [6, 6.07) is 7.22. The number of carbonyl (C=O) groups is 2. The van der Waals surface area contributed by atoms with Crippen molar-refractivity contribution in [2.75, 3.05) is 26.1 Å². The molecule has 2 amide bonds. The van der Waals surface area contributed by atoms with Crippen molar-refractivity contribution in [3.8, 4) is 5.75 Å². The fourth-order valence-corrected chi connectivity index (χ4v) is 2.91. The minimum Gasteiger partial charge on any atom is -0.495 e. The number of ether oxygens (including phenoxy) is 2. The van der Waals surface area contributed by atoms with Gasteiger partial charge in [-0.3, -0.25) is 9.78 Å². The number of nitrogens with one attached hydrogen (secondary N) is 1. The molecule has 25 heavy (non-hydrogen) atoms. The molecule has 1 aromatic heterocycles. The molecule has 1 aromatic carbocycles. The number of carbonyl (C=O) groups excluding carboxylic acids is 2. The Morgan fingerprint density at radius 3 is 2.76 bits per heavy atom. The molecule has 0 saturated heterocycles. The van der Waals surface area contributed by atoms with Crippen LogP contribution in [0.2, 0.25) is 0 Å². The topological polar surface area (TPSA) is 80.8 Å². The number of nitrogens with zero attached hydrogens (tertiary/aromatic N) is 2. The van der Waals surface area contributed by atoms with Gasteiger partial charge in [0.2, 0.25) is 0 Å². The Kier molecular flexibility index (Phi) is 4.83. The largest absolute Gasteiger partial charge is 0.495 e. The average molecular weight is 341 g/mol. The summed E-state index contributed by atoms with van der Waals surface area (Å²) in [5.74, 6) is 0.339. The lowest BCUT2D eigenvalue weighted by molar-refractivity contribution is 0.102. The molecule has 1 aliphatic rings. The number of rotatable bonds is 3. The van der Waals surface area contributed by atoms with Crippen molar-refractivity contribution in [1.82, 2.24) is 9.88 Å². The average Bonchev–Trinajstić information content (AvgIpc) is 2.66. The van der Waals surface area contributed by atoms with Crippen molar-refractivity contribution in [3.63, 3.8) is 0 Å². The lowest BCUT2D eigenvalue weighted by Crippen LogP contribution is -2.36. The van der Waals surface area contributed by atoms with Gasteiger partial charge in [-0.05, 0) is 29.7 Å². The first-order valence-electron chi connectivity index (χ1n) is 7.87. The van der Waals surface area contributed by atoms with E-state index in [1.165, 1.54) is 7.11 Å². The van der Waals surface area contributed by atoms with Gasteiger partial charge in [-0.2, -0.15) is 0 Å². The standard InChI is InChI=1S/C18H19N3O4/c1-24-16-6-4-3-5-15(16)20-17(22)14-10-19-9-12-11-21(18(23)25-2)8-7-13(12)14/h3-6,9-10H,7-8,11H2,1-2H3,(H,20,22). The number of fused-ring (bicyclic) bond motifs is 1. The Labute approximate surface area is 145 Å². The van der Waals surface area contributed by atoms with Crippen LogP contribution in [-0.4, -0.2) is 42.6 Å². The van der Waals surface area contributed by atoms with Crippen LogP contribution in [0, 0.1) is 0 Å². The molecule has 0 radical (unpaired) electrons. The summed E-state index contributed by atoms with van der Waals surface area (Å²) in [6.45, 7) is 0.878. The monoisotopic (exact) mass is 341 g/mol. The zero-order chi connectivity index (χ0) is 17.8. The molecule has 2 heterocycles. The number of methoxy groups -OCH3 is 2. The summed E-state index contributed by atoms with van der Waals surface area (Å²) in [5.41, 5.74) is 2.86. The van der Waals surface area contributed by atoms with E-state index in [-0.39, 0.29) is 12.0 Å². The van der Waals surface area contributed by atoms with Crippen molar-refractivity contribution in [2.24, 2.45) is 0 Å². The Bertz CT molecular complexity index is 807. The van der Waals surface area contributed by atoms with Gasteiger partial charge in [0.1, 0.15) is 5.75 Å². The number of pyridine rings is 1. The number of benzene rings is 1. The van der Waals surface area contributed by atoms with Crippen LogP contribution in [0.3, 0.4) is 0 Å². The maximum atomic E-state index is 12.7. The van der Waals surface area contributed by atoms with Gasteiger partial charge in [-0.25, -0.2) is 4.79 Å². The third kappa shape index (κ3) is 3.40. The quantitative estimate of drug-likeness (QED) is 0.927. The lowest BCUT2D eigenvalue weighted by Gasteiger charge is -2.28. The van der Waals surface area contributed by atoms with Crippen molar-refractivity contribution < 1.29 is 19.1 Å². The molecule has 1 N–H and O–H groups in total. The second kappa shape index (κ2) is 7.21. The van der Waals surface area contributed by atoms with Crippen LogP contribution in [0.15, 0.2) is 36.7 Å². The molecule has 7 heteroatoms. The maximum absolute atomic E-state index is 12.7. The molecule has 3 rings (SSSR count). The van der Waals surface area contributed by atoms with Crippen LogP contribution in [0.4, 0.5) is 10.5 Å². The number of amides is 2. The highest BCUT2D eigenvalue weighted by atomic mass is 16.5. The highest BCUT2D eigenvalue weighted by Crippen LogP contribution is 2.26. The van der Waals surface area contributed by atoms with Crippen LogP contribution in [-0.2, 0) is 17.7 Å². The third-order valence-corrected chi connectivity index (χ3v) is 4.17. The maximum Gasteiger partial charge on any atom is 0.409 e. The summed E-state index contributed by atoms with van der Waals surface area (Å²) in [7, 11) is 2.91. The smallest absolute Gasteiger partial charge is 0.409 e. The molecule has 0 bridgehead atoms. The van der Waals surface area contributed by atoms with Crippen molar-refractivity contribution >= 4 is 17.7 Å². The second-order valence-electron chi connectivity index (χ2n) is 5.62. The predicted molar refractivity (Wildman–Crippen MR) is 91.7 cm³/mol. The molecular formula is C18H19N3O4. The van der Waals surface area contributed by atoms with Crippen molar-refractivity contribution in [1.29, 1.82) is 0 Å². The normalized spacial score (nSPS) is 13.0. The number of anilines is 1. The number of hydrogen-bond acceptors (Lipinski definition) is 5. The van der Waals surface area contributed by atoms with Gasteiger partial charge in [-0.15, -0.1) is 0 Å². The third-order valence-electron chi connectivity index (χ3n) is 4.17. The van der Waals surface area contributed by atoms with Crippen molar-refractivity contribution in [2.45, 2.75) is 13.0 Å². The molecule has 0 atom stereocenters. The zero-order valence-electron chi connectivity index (χ0n) is 14.1. The van der Waals surface area contributed by atoms with Crippen LogP contribution in [0.25, 0.3) is 0 Å². The molecule has 2 aromatic rings. The first kappa shape index (κ1) is 16.8. The molecule has 130 valence electrons. The molecule has 0 unspecified atom stereocenters. The van der Waals surface area contributed by atoms with E-state index in [1.54, 1.807) is 36.5 Å². The Balaban J connectivity index is 1.84. The number of hydrogen-bond donors (Lipinski definition) is 1. The van der Waals surface area contributed by atoms with Crippen LogP contribution in [0.1, 0.15) is 21.5 Å². The van der Waals surface area contributed by atoms with Crippen LogP contribution < -0.4 is 10.1 Å². The molecule has 7 nitrogen and oxygen atoms in total.